The van der Waals surface area contributed by atoms with E-state index in [0.29, 0.717) is 31.1 Å². The normalized spacial score (nSPS) is 23.4. The van der Waals surface area contributed by atoms with Gasteiger partial charge in [-0.2, -0.15) is 0 Å². The van der Waals surface area contributed by atoms with Crippen molar-refractivity contribution < 1.29 is 18.3 Å². The van der Waals surface area contributed by atoms with E-state index in [1.165, 1.54) is 88.2 Å². The van der Waals surface area contributed by atoms with Crippen molar-refractivity contribution in [3.63, 3.8) is 0 Å². The molecular formula is C36H52F2O2. The SMILES string of the molecule is CCCCCCCCc1ccc(C2OCC(c3ccc(C4CCC(CCCCCC)CC4)cc3)CO2)c(F)c1F. The summed E-state index contributed by atoms with van der Waals surface area (Å²) in [5.41, 5.74) is 3.25. The van der Waals surface area contributed by atoms with Crippen LogP contribution in [0.2, 0.25) is 0 Å². The van der Waals surface area contributed by atoms with Gasteiger partial charge in [0.05, 0.1) is 13.2 Å². The van der Waals surface area contributed by atoms with Gasteiger partial charge in [0.2, 0.25) is 0 Å². The Morgan fingerprint density at radius 3 is 1.85 bits per heavy atom. The molecule has 40 heavy (non-hydrogen) atoms. The molecule has 2 aliphatic rings. The third kappa shape index (κ3) is 8.86. The molecule has 1 saturated heterocycles. The first-order valence-corrected chi connectivity index (χ1v) is 16.4. The van der Waals surface area contributed by atoms with Gasteiger partial charge in [0.1, 0.15) is 0 Å². The van der Waals surface area contributed by atoms with E-state index in [1.54, 1.807) is 12.1 Å². The van der Waals surface area contributed by atoms with Crippen LogP contribution in [0, 0.1) is 17.6 Å². The maximum atomic E-state index is 14.9. The predicted octanol–water partition coefficient (Wildman–Crippen LogP) is 10.9. The number of hydrogen-bond donors (Lipinski definition) is 0. The van der Waals surface area contributed by atoms with E-state index in [2.05, 4.69) is 38.1 Å². The van der Waals surface area contributed by atoms with Crippen molar-refractivity contribution in [1.82, 2.24) is 0 Å². The minimum atomic E-state index is -0.856. The van der Waals surface area contributed by atoms with Gasteiger partial charge >= 0.3 is 0 Å². The first kappa shape index (κ1) is 31.2. The lowest BCUT2D eigenvalue weighted by molar-refractivity contribution is -0.193. The molecule has 1 saturated carbocycles. The Hall–Kier alpha value is -1.78. The van der Waals surface area contributed by atoms with Crippen LogP contribution in [0.4, 0.5) is 8.78 Å². The molecule has 0 spiro atoms. The molecule has 0 atom stereocenters. The Labute approximate surface area is 242 Å². The molecule has 2 nitrogen and oxygen atoms in total. The standard InChI is InChI=1S/C36H52F2O2/c1-3-5-7-9-10-12-14-31-23-24-33(35(38)34(31)37)36-39-25-32(26-40-36)30-21-19-29(20-22-30)28-17-15-27(16-18-28)13-11-8-6-4-2/h19-24,27-28,32,36H,3-18,25-26H2,1-2H3. The summed E-state index contributed by atoms with van der Waals surface area (Å²) in [6.45, 7) is 5.35. The summed E-state index contributed by atoms with van der Waals surface area (Å²) < 4.78 is 41.6. The molecule has 1 aliphatic carbocycles. The maximum Gasteiger partial charge on any atom is 0.186 e. The maximum absolute atomic E-state index is 14.9. The van der Waals surface area contributed by atoms with Gasteiger partial charge in [-0.15, -0.1) is 0 Å². The highest BCUT2D eigenvalue weighted by atomic mass is 19.2. The highest BCUT2D eigenvalue weighted by Crippen LogP contribution is 2.39. The van der Waals surface area contributed by atoms with Gasteiger partial charge in [0, 0.05) is 11.5 Å². The van der Waals surface area contributed by atoms with E-state index in [0.717, 1.165) is 25.2 Å². The molecule has 4 heteroatoms. The summed E-state index contributed by atoms with van der Waals surface area (Å²) in [6.07, 6.45) is 18.7. The van der Waals surface area contributed by atoms with Gasteiger partial charge in [-0.25, -0.2) is 8.78 Å². The number of unbranched alkanes of at least 4 members (excludes halogenated alkanes) is 8. The van der Waals surface area contributed by atoms with Crippen LogP contribution < -0.4 is 0 Å². The number of hydrogen-bond acceptors (Lipinski definition) is 2. The van der Waals surface area contributed by atoms with Crippen LogP contribution in [-0.2, 0) is 15.9 Å². The Kier molecular flexibility index (Phi) is 12.9. The van der Waals surface area contributed by atoms with E-state index in [4.69, 9.17) is 9.47 Å². The monoisotopic (exact) mass is 554 g/mol. The first-order chi connectivity index (χ1) is 19.6. The Bertz CT molecular complexity index is 989. The van der Waals surface area contributed by atoms with Crippen LogP contribution in [0.5, 0.6) is 0 Å². The van der Waals surface area contributed by atoms with Crippen molar-refractivity contribution in [2.75, 3.05) is 13.2 Å². The summed E-state index contributed by atoms with van der Waals surface area (Å²) in [4.78, 5) is 0. The minimum absolute atomic E-state index is 0.101. The number of ether oxygens (including phenoxy) is 2. The number of rotatable bonds is 15. The highest BCUT2D eigenvalue weighted by molar-refractivity contribution is 5.30. The molecule has 2 aromatic carbocycles. The van der Waals surface area contributed by atoms with E-state index in [1.807, 2.05) is 0 Å². The topological polar surface area (TPSA) is 18.5 Å². The molecule has 222 valence electrons. The van der Waals surface area contributed by atoms with Crippen molar-refractivity contribution in [3.8, 4) is 0 Å². The van der Waals surface area contributed by atoms with Crippen molar-refractivity contribution >= 4 is 0 Å². The molecule has 2 aromatic rings. The molecule has 0 bridgehead atoms. The van der Waals surface area contributed by atoms with Crippen molar-refractivity contribution in [2.24, 2.45) is 5.92 Å². The second-order valence-corrected chi connectivity index (χ2v) is 12.4. The highest BCUT2D eigenvalue weighted by Gasteiger charge is 2.29. The molecule has 4 rings (SSSR count). The van der Waals surface area contributed by atoms with Gasteiger partial charge in [-0.1, -0.05) is 114 Å². The Morgan fingerprint density at radius 1 is 0.625 bits per heavy atom. The zero-order valence-corrected chi connectivity index (χ0v) is 25.1. The Morgan fingerprint density at radius 2 is 1.20 bits per heavy atom. The second-order valence-electron chi connectivity index (χ2n) is 12.4. The third-order valence-corrected chi connectivity index (χ3v) is 9.34. The van der Waals surface area contributed by atoms with E-state index >= 15 is 0 Å². The summed E-state index contributed by atoms with van der Waals surface area (Å²) in [7, 11) is 0. The van der Waals surface area contributed by atoms with Gasteiger partial charge in [-0.05, 0) is 67.1 Å². The molecule has 2 fully saturated rings. The zero-order chi connectivity index (χ0) is 28.2. The summed E-state index contributed by atoms with van der Waals surface area (Å²) in [5.74, 6) is 0.121. The largest absolute Gasteiger partial charge is 0.348 e. The molecule has 0 unspecified atom stereocenters. The van der Waals surface area contributed by atoms with Crippen LogP contribution in [0.25, 0.3) is 0 Å². The molecule has 0 amide bonds. The van der Waals surface area contributed by atoms with Crippen LogP contribution in [0.1, 0.15) is 151 Å². The first-order valence-electron chi connectivity index (χ1n) is 16.4. The summed E-state index contributed by atoms with van der Waals surface area (Å²) in [6, 6.07) is 12.3. The van der Waals surface area contributed by atoms with Crippen LogP contribution in [0.15, 0.2) is 36.4 Å². The molecule has 0 aromatic heterocycles. The molecular weight excluding hydrogens is 502 g/mol. The smallest absolute Gasteiger partial charge is 0.186 e. The summed E-state index contributed by atoms with van der Waals surface area (Å²) >= 11 is 0. The number of halogens is 2. The second kappa shape index (κ2) is 16.6. The van der Waals surface area contributed by atoms with Crippen LogP contribution in [0.3, 0.4) is 0 Å². The lowest BCUT2D eigenvalue weighted by Crippen LogP contribution is -2.26. The van der Waals surface area contributed by atoms with E-state index < -0.39 is 17.9 Å². The fourth-order valence-electron chi connectivity index (χ4n) is 6.64. The lowest BCUT2D eigenvalue weighted by Gasteiger charge is -2.31. The molecule has 0 N–H and O–H groups in total. The van der Waals surface area contributed by atoms with Crippen LogP contribution >= 0.6 is 0 Å². The molecule has 1 heterocycles. The number of aryl methyl sites for hydroxylation is 1. The minimum Gasteiger partial charge on any atom is -0.348 e. The predicted molar refractivity (Wildman–Crippen MR) is 161 cm³/mol. The molecule has 0 radical (unpaired) electrons. The van der Waals surface area contributed by atoms with Gasteiger partial charge in [-0.3, -0.25) is 0 Å². The van der Waals surface area contributed by atoms with Gasteiger partial charge in [0.15, 0.2) is 17.9 Å². The van der Waals surface area contributed by atoms with Crippen LogP contribution in [-0.4, -0.2) is 13.2 Å². The van der Waals surface area contributed by atoms with Crippen molar-refractivity contribution in [1.29, 1.82) is 0 Å². The summed E-state index contributed by atoms with van der Waals surface area (Å²) in [5, 5.41) is 0. The Balaban J connectivity index is 1.22. The fourth-order valence-corrected chi connectivity index (χ4v) is 6.64. The van der Waals surface area contributed by atoms with Gasteiger partial charge < -0.3 is 9.47 Å². The average molecular weight is 555 g/mol. The van der Waals surface area contributed by atoms with Crippen molar-refractivity contribution in [3.05, 3.63) is 70.3 Å². The fraction of sp³-hybridized carbons (Fsp3) is 0.667. The quantitative estimate of drug-likeness (QED) is 0.204. The zero-order valence-electron chi connectivity index (χ0n) is 25.1. The molecule has 1 aliphatic heterocycles. The number of benzene rings is 2. The third-order valence-electron chi connectivity index (χ3n) is 9.34. The van der Waals surface area contributed by atoms with Crippen molar-refractivity contribution in [2.45, 2.75) is 135 Å². The lowest BCUT2D eigenvalue weighted by atomic mass is 9.77. The average Bonchev–Trinajstić information content (AvgIpc) is 3.00. The van der Waals surface area contributed by atoms with E-state index in [-0.39, 0.29) is 11.5 Å². The van der Waals surface area contributed by atoms with Gasteiger partial charge in [0.25, 0.3) is 0 Å². The van der Waals surface area contributed by atoms with E-state index in [9.17, 15) is 8.78 Å².